The first kappa shape index (κ1) is 12.8. The van der Waals surface area contributed by atoms with Crippen LogP contribution in [0.2, 0.25) is 0 Å². The molecular weight excluding hydrogens is 270 g/mol. The standard InChI is InChI=1S/C16H13NO2S/c1-2-19-16(18)15-17-14(10-20-15)13-8-7-11-5-3-4-6-12(11)9-13/h3-10H,2H2,1H3. The average molecular weight is 283 g/mol. The number of carbonyl (C=O) groups excluding carboxylic acids is 1. The molecule has 0 saturated heterocycles. The fourth-order valence-corrected chi connectivity index (χ4v) is 2.76. The zero-order valence-electron chi connectivity index (χ0n) is 11.0. The molecule has 0 spiro atoms. The molecular formula is C16H13NO2S. The van der Waals surface area contributed by atoms with E-state index >= 15 is 0 Å². The largest absolute Gasteiger partial charge is 0.461 e. The van der Waals surface area contributed by atoms with Crippen molar-refractivity contribution in [1.82, 2.24) is 4.98 Å². The molecule has 0 radical (unpaired) electrons. The van der Waals surface area contributed by atoms with Gasteiger partial charge in [-0.25, -0.2) is 9.78 Å². The van der Waals surface area contributed by atoms with Crippen LogP contribution in [-0.4, -0.2) is 17.6 Å². The molecule has 3 nitrogen and oxygen atoms in total. The molecule has 0 fully saturated rings. The molecule has 0 amide bonds. The van der Waals surface area contributed by atoms with Crippen LogP contribution in [0.1, 0.15) is 16.7 Å². The number of rotatable bonds is 3. The molecule has 0 N–H and O–H groups in total. The van der Waals surface area contributed by atoms with Gasteiger partial charge in [-0.2, -0.15) is 0 Å². The molecule has 0 saturated carbocycles. The number of carbonyl (C=O) groups is 1. The van der Waals surface area contributed by atoms with Crippen molar-refractivity contribution in [2.75, 3.05) is 6.61 Å². The van der Waals surface area contributed by atoms with Crippen molar-refractivity contribution in [2.45, 2.75) is 6.92 Å². The third-order valence-corrected chi connectivity index (χ3v) is 3.82. The Bertz CT molecular complexity index is 764. The van der Waals surface area contributed by atoms with Gasteiger partial charge in [0.1, 0.15) is 0 Å². The van der Waals surface area contributed by atoms with E-state index in [4.69, 9.17) is 4.74 Å². The van der Waals surface area contributed by atoms with Gasteiger partial charge in [0.15, 0.2) is 0 Å². The van der Waals surface area contributed by atoms with Gasteiger partial charge < -0.3 is 4.74 Å². The lowest BCUT2D eigenvalue weighted by atomic mass is 10.1. The van der Waals surface area contributed by atoms with Crippen LogP contribution >= 0.6 is 11.3 Å². The van der Waals surface area contributed by atoms with Gasteiger partial charge in [0.25, 0.3) is 0 Å². The van der Waals surface area contributed by atoms with Gasteiger partial charge in [-0.3, -0.25) is 0 Å². The molecule has 0 aliphatic carbocycles. The highest BCUT2D eigenvalue weighted by Crippen LogP contribution is 2.26. The Morgan fingerprint density at radius 2 is 2.00 bits per heavy atom. The zero-order chi connectivity index (χ0) is 13.9. The van der Waals surface area contributed by atoms with Crippen LogP contribution in [0.25, 0.3) is 22.0 Å². The summed E-state index contributed by atoms with van der Waals surface area (Å²) in [5.41, 5.74) is 1.82. The molecule has 2 aromatic carbocycles. The minimum Gasteiger partial charge on any atom is -0.461 e. The second-order valence-corrected chi connectivity index (χ2v) is 5.18. The maximum absolute atomic E-state index is 11.6. The summed E-state index contributed by atoms with van der Waals surface area (Å²) in [5.74, 6) is -0.357. The molecule has 20 heavy (non-hydrogen) atoms. The zero-order valence-corrected chi connectivity index (χ0v) is 11.8. The molecule has 1 aromatic heterocycles. The first-order valence-corrected chi connectivity index (χ1v) is 7.27. The third kappa shape index (κ3) is 2.42. The van der Waals surface area contributed by atoms with Crippen LogP contribution in [-0.2, 0) is 4.74 Å². The lowest BCUT2D eigenvalue weighted by molar-refractivity contribution is 0.0526. The van der Waals surface area contributed by atoms with E-state index in [9.17, 15) is 4.79 Å². The van der Waals surface area contributed by atoms with Crippen LogP contribution in [0.3, 0.4) is 0 Å². The van der Waals surface area contributed by atoms with Crippen LogP contribution < -0.4 is 0 Å². The third-order valence-electron chi connectivity index (χ3n) is 3.00. The van der Waals surface area contributed by atoms with E-state index in [1.54, 1.807) is 6.92 Å². The number of esters is 1. The van der Waals surface area contributed by atoms with E-state index in [0.717, 1.165) is 16.6 Å². The molecule has 4 heteroatoms. The fourth-order valence-electron chi connectivity index (χ4n) is 2.04. The topological polar surface area (TPSA) is 39.2 Å². The van der Waals surface area contributed by atoms with Crippen molar-refractivity contribution in [2.24, 2.45) is 0 Å². The Balaban J connectivity index is 1.96. The number of thiazole rings is 1. The summed E-state index contributed by atoms with van der Waals surface area (Å²) < 4.78 is 4.96. The maximum atomic E-state index is 11.6. The van der Waals surface area contributed by atoms with Crippen molar-refractivity contribution < 1.29 is 9.53 Å². The molecule has 100 valence electrons. The molecule has 1 heterocycles. The van der Waals surface area contributed by atoms with Gasteiger partial charge in [0.05, 0.1) is 12.3 Å². The van der Waals surface area contributed by atoms with Crippen LogP contribution in [0, 0.1) is 0 Å². The number of hydrogen-bond donors (Lipinski definition) is 0. The summed E-state index contributed by atoms with van der Waals surface area (Å²) >= 11 is 1.31. The Kier molecular flexibility index (Phi) is 3.48. The summed E-state index contributed by atoms with van der Waals surface area (Å²) in [5, 5.41) is 4.64. The maximum Gasteiger partial charge on any atom is 0.367 e. The molecule has 3 aromatic rings. The summed E-state index contributed by atoms with van der Waals surface area (Å²) in [7, 11) is 0. The smallest absolute Gasteiger partial charge is 0.367 e. The van der Waals surface area contributed by atoms with Crippen molar-refractivity contribution >= 4 is 28.1 Å². The number of fused-ring (bicyclic) bond motifs is 1. The van der Waals surface area contributed by atoms with Gasteiger partial charge in [-0.15, -0.1) is 11.3 Å². The Morgan fingerprint density at radius 1 is 1.20 bits per heavy atom. The van der Waals surface area contributed by atoms with Crippen molar-refractivity contribution in [3.63, 3.8) is 0 Å². The lowest BCUT2D eigenvalue weighted by Crippen LogP contribution is -2.03. The molecule has 0 atom stereocenters. The monoisotopic (exact) mass is 283 g/mol. The van der Waals surface area contributed by atoms with Gasteiger partial charge in [-0.05, 0) is 23.8 Å². The number of nitrogens with zero attached hydrogens (tertiary/aromatic N) is 1. The molecule has 3 rings (SSSR count). The number of ether oxygens (including phenoxy) is 1. The number of benzene rings is 2. The van der Waals surface area contributed by atoms with Crippen molar-refractivity contribution in [3.8, 4) is 11.3 Å². The summed E-state index contributed by atoms with van der Waals surface area (Å²) in [4.78, 5) is 16.0. The summed E-state index contributed by atoms with van der Waals surface area (Å²) in [6, 6.07) is 14.3. The lowest BCUT2D eigenvalue weighted by Gasteiger charge is -2.01. The quantitative estimate of drug-likeness (QED) is 0.678. The van der Waals surface area contributed by atoms with Crippen LogP contribution in [0.5, 0.6) is 0 Å². The second kappa shape index (κ2) is 5.43. The first-order chi connectivity index (χ1) is 9.78. The molecule has 0 bridgehead atoms. The predicted octanol–water partition coefficient (Wildman–Crippen LogP) is 4.14. The predicted molar refractivity (Wildman–Crippen MR) is 81.0 cm³/mol. The highest BCUT2D eigenvalue weighted by atomic mass is 32.1. The highest BCUT2D eigenvalue weighted by Gasteiger charge is 2.13. The Hall–Kier alpha value is -2.20. The van der Waals surface area contributed by atoms with Crippen molar-refractivity contribution in [3.05, 3.63) is 52.9 Å². The fraction of sp³-hybridized carbons (Fsp3) is 0.125. The second-order valence-electron chi connectivity index (χ2n) is 4.32. The molecule has 0 unspecified atom stereocenters. The first-order valence-electron chi connectivity index (χ1n) is 6.40. The van der Waals surface area contributed by atoms with Crippen LogP contribution in [0.4, 0.5) is 0 Å². The van der Waals surface area contributed by atoms with E-state index in [-0.39, 0.29) is 5.97 Å². The normalized spacial score (nSPS) is 10.7. The minimum absolute atomic E-state index is 0.357. The van der Waals surface area contributed by atoms with Gasteiger partial charge in [0, 0.05) is 10.9 Å². The van der Waals surface area contributed by atoms with E-state index in [2.05, 4.69) is 29.2 Å². The average Bonchev–Trinajstić information content (AvgIpc) is 2.97. The SMILES string of the molecule is CCOC(=O)c1nc(-c2ccc3ccccc3c2)cs1. The molecule has 0 aliphatic heterocycles. The number of aromatic nitrogens is 1. The minimum atomic E-state index is -0.357. The van der Waals surface area contributed by atoms with Crippen molar-refractivity contribution in [1.29, 1.82) is 0 Å². The van der Waals surface area contributed by atoms with E-state index in [1.807, 2.05) is 23.6 Å². The van der Waals surface area contributed by atoms with E-state index in [1.165, 1.54) is 16.7 Å². The highest BCUT2D eigenvalue weighted by molar-refractivity contribution is 7.11. The summed E-state index contributed by atoms with van der Waals surface area (Å²) in [6.07, 6.45) is 0. The van der Waals surface area contributed by atoms with Gasteiger partial charge >= 0.3 is 5.97 Å². The number of hydrogen-bond acceptors (Lipinski definition) is 4. The molecule has 0 aliphatic rings. The van der Waals surface area contributed by atoms with Crippen LogP contribution in [0.15, 0.2) is 47.8 Å². The van der Waals surface area contributed by atoms with Gasteiger partial charge in [-0.1, -0.05) is 36.4 Å². The Morgan fingerprint density at radius 3 is 2.80 bits per heavy atom. The van der Waals surface area contributed by atoms with Gasteiger partial charge in [0.2, 0.25) is 5.01 Å². The summed E-state index contributed by atoms with van der Waals surface area (Å²) in [6.45, 7) is 2.15. The van der Waals surface area contributed by atoms with E-state index < -0.39 is 0 Å². The Labute approximate surface area is 120 Å². The van der Waals surface area contributed by atoms with E-state index in [0.29, 0.717) is 11.6 Å².